The molecule has 0 aromatic heterocycles. The van der Waals surface area contributed by atoms with Crippen LogP contribution in [0.4, 0.5) is 0 Å². The largest absolute Gasteiger partial charge is 0.508 e. The lowest BCUT2D eigenvalue weighted by Crippen LogP contribution is -1.97. The van der Waals surface area contributed by atoms with Gasteiger partial charge in [-0.05, 0) is 41.8 Å². The Morgan fingerprint density at radius 1 is 1.06 bits per heavy atom. The van der Waals surface area contributed by atoms with Crippen molar-refractivity contribution in [3.8, 4) is 16.9 Å². The second-order valence-corrected chi connectivity index (χ2v) is 6.27. The van der Waals surface area contributed by atoms with Gasteiger partial charge in [0.2, 0.25) is 0 Å². The van der Waals surface area contributed by atoms with E-state index in [0.29, 0.717) is 0 Å². The summed E-state index contributed by atoms with van der Waals surface area (Å²) >= 11 is 0. The molecular weight excluding hydrogens is 248 g/mol. The van der Waals surface area contributed by atoms with Crippen LogP contribution in [0.5, 0.6) is 5.75 Å². The minimum atomic E-state index is -3.22. The molecule has 0 saturated heterocycles. The molecule has 0 aliphatic carbocycles. The molecule has 94 valence electrons. The van der Waals surface area contributed by atoms with Gasteiger partial charge in [-0.15, -0.1) is 0 Å². The number of hydrogen-bond acceptors (Lipinski definition) is 3. The van der Waals surface area contributed by atoms with Gasteiger partial charge in [0.25, 0.3) is 0 Å². The molecule has 0 heterocycles. The highest BCUT2D eigenvalue weighted by molar-refractivity contribution is 7.90. The lowest BCUT2D eigenvalue weighted by molar-refractivity contribution is 0.471. The topological polar surface area (TPSA) is 54.4 Å². The van der Waals surface area contributed by atoms with E-state index in [9.17, 15) is 13.5 Å². The first-order chi connectivity index (χ1) is 8.39. The number of hydrogen-bond donors (Lipinski definition) is 1. The van der Waals surface area contributed by atoms with Crippen molar-refractivity contribution >= 4 is 9.84 Å². The maximum absolute atomic E-state index is 11.5. The average Bonchev–Trinajstić information content (AvgIpc) is 2.32. The minimum Gasteiger partial charge on any atom is -0.508 e. The zero-order chi connectivity index (χ0) is 13.3. The Kier molecular flexibility index (Phi) is 3.13. The summed E-state index contributed by atoms with van der Waals surface area (Å²) in [6.45, 7) is 1.80. The van der Waals surface area contributed by atoms with Crippen LogP contribution in [0.15, 0.2) is 47.4 Å². The Bertz CT molecular complexity index is 688. The SMILES string of the molecule is Cc1c(O)cccc1-c1cccc(S(C)(=O)=O)c1. The van der Waals surface area contributed by atoms with Gasteiger partial charge in [-0.1, -0.05) is 24.3 Å². The van der Waals surface area contributed by atoms with Crippen molar-refractivity contribution in [2.45, 2.75) is 11.8 Å². The summed E-state index contributed by atoms with van der Waals surface area (Å²) in [7, 11) is -3.22. The van der Waals surface area contributed by atoms with Gasteiger partial charge >= 0.3 is 0 Å². The third kappa shape index (κ3) is 2.38. The van der Waals surface area contributed by atoms with Crippen LogP contribution in [0.3, 0.4) is 0 Å². The predicted molar refractivity (Wildman–Crippen MR) is 71.4 cm³/mol. The fourth-order valence-corrected chi connectivity index (χ4v) is 2.50. The fourth-order valence-electron chi connectivity index (χ4n) is 1.83. The number of phenolic OH excluding ortho intramolecular Hbond substituents is 1. The van der Waals surface area contributed by atoms with E-state index in [1.54, 1.807) is 37.3 Å². The molecule has 2 rings (SSSR count). The molecule has 2 aromatic rings. The molecule has 18 heavy (non-hydrogen) atoms. The van der Waals surface area contributed by atoms with Crippen molar-refractivity contribution in [3.63, 3.8) is 0 Å². The van der Waals surface area contributed by atoms with Crippen LogP contribution in [-0.2, 0) is 9.84 Å². The van der Waals surface area contributed by atoms with Crippen molar-refractivity contribution in [2.24, 2.45) is 0 Å². The maximum Gasteiger partial charge on any atom is 0.175 e. The van der Waals surface area contributed by atoms with E-state index >= 15 is 0 Å². The Hall–Kier alpha value is -1.81. The van der Waals surface area contributed by atoms with Gasteiger partial charge in [-0.3, -0.25) is 0 Å². The van der Waals surface area contributed by atoms with Crippen LogP contribution in [0.2, 0.25) is 0 Å². The first kappa shape index (κ1) is 12.6. The van der Waals surface area contributed by atoms with Crippen molar-refractivity contribution in [3.05, 3.63) is 48.0 Å². The van der Waals surface area contributed by atoms with Crippen molar-refractivity contribution in [2.75, 3.05) is 6.26 Å². The summed E-state index contributed by atoms with van der Waals surface area (Å²) in [5, 5.41) is 9.67. The van der Waals surface area contributed by atoms with E-state index in [1.807, 2.05) is 12.1 Å². The summed E-state index contributed by atoms with van der Waals surface area (Å²) in [4.78, 5) is 0.280. The molecule has 0 aliphatic heterocycles. The van der Waals surface area contributed by atoms with Crippen molar-refractivity contribution in [1.29, 1.82) is 0 Å². The van der Waals surface area contributed by atoms with Gasteiger partial charge in [-0.25, -0.2) is 8.42 Å². The summed E-state index contributed by atoms with van der Waals surface area (Å²) in [6.07, 6.45) is 1.18. The molecule has 4 heteroatoms. The predicted octanol–water partition coefficient (Wildman–Crippen LogP) is 2.77. The summed E-state index contributed by atoms with van der Waals surface area (Å²) < 4.78 is 23.0. The van der Waals surface area contributed by atoms with E-state index < -0.39 is 9.84 Å². The highest BCUT2D eigenvalue weighted by Gasteiger charge is 2.10. The van der Waals surface area contributed by atoms with Gasteiger partial charge in [0.05, 0.1) is 4.90 Å². The van der Waals surface area contributed by atoms with E-state index in [2.05, 4.69) is 0 Å². The first-order valence-electron chi connectivity index (χ1n) is 5.48. The van der Waals surface area contributed by atoms with Gasteiger partial charge in [0.15, 0.2) is 9.84 Å². The molecule has 0 spiro atoms. The van der Waals surface area contributed by atoms with E-state index in [4.69, 9.17) is 0 Å². The number of benzene rings is 2. The number of sulfone groups is 1. The molecule has 3 nitrogen and oxygen atoms in total. The molecule has 0 radical (unpaired) electrons. The van der Waals surface area contributed by atoms with Gasteiger partial charge in [0, 0.05) is 6.26 Å². The molecule has 0 amide bonds. The van der Waals surface area contributed by atoms with Crippen LogP contribution in [0, 0.1) is 6.92 Å². The normalized spacial score (nSPS) is 11.4. The molecule has 0 atom stereocenters. The molecular formula is C14H14O3S. The molecule has 1 N–H and O–H groups in total. The third-order valence-corrected chi connectivity index (χ3v) is 3.99. The minimum absolute atomic E-state index is 0.206. The van der Waals surface area contributed by atoms with E-state index in [1.165, 1.54) is 6.26 Å². The molecule has 0 aliphatic rings. The monoisotopic (exact) mass is 262 g/mol. The Morgan fingerprint density at radius 2 is 1.72 bits per heavy atom. The standard InChI is InChI=1S/C14H14O3S/c1-10-13(7-4-8-14(10)15)11-5-3-6-12(9-11)18(2,16)17/h3-9,15H,1-2H3. The maximum atomic E-state index is 11.5. The number of phenols is 1. The zero-order valence-corrected chi connectivity index (χ0v) is 11.0. The van der Waals surface area contributed by atoms with E-state index in [-0.39, 0.29) is 10.6 Å². The van der Waals surface area contributed by atoms with Crippen LogP contribution in [-0.4, -0.2) is 19.8 Å². The van der Waals surface area contributed by atoms with Gasteiger partial charge in [-0.2, -0.15) is 0 Å². The smallest absolute Gasteiger partial charge is 0.175 e. The molecule has 0 saturated carbocycles. The lowest BCUT2D eigenvalue weighted by Gasteiger charge is -2.08. The van der Waals surface area contributed by atoms with Crippen LogP contribution < -0.4 is 0 Å². The Labute approximate surface area is 107 Å². The number of aromatic hydroxyl groups is 1. The first-order valence-corrected chi connectivity index (χ1v) is 7.38. The Balaban J connectivity index is 2.62. The highest BCUT2D eigenvalue weighted by Crippen LogP contribution is 2.30. The molecule has 0 bridgehead atoms. The Morgan fingerprint density at radius 3 is 2.39 bits per heavy atom. The number of rotatable bonds is 2. The third-order valence-electron chi connectivity index (χ3n) is 2.88. The second-order valence-electron chi connectivity index (χ2n) is 4.25. The van der Waals surface area contributed by atoms with Crippen LogP contribution in [0.1, 0.15) is 5.56 Å². The quantitative estimate of drug-likeness (QED) is 0.905. The second kappa shape index (κ2) is 4.46. The van der Waals surface area contributed by atoms with Gasteiger partial charge < -0.3 is 5.11 Å². The summed E-state index contributed by atoms with van der Waals surface area (Å²) in [5.41, 5.74) is 2.36. The fraction of sp³-hybridized carbons (Fsp3) is 0.143. The molecule has 0 fully saturated rings. The van der Waals surface area contributed by atoms with Crippen LogP contribution >= 0.6 is 0 Å². The van der Waals surface area contributed by atoms with E-state index in [0.717, 1.165) is 16.7 Å². The lowest BCUT2D eigenvalue weighted by atomic mass is 10.0. The van der Waals surface area contributed by atoms with Crippen molar-refractivity contribution < 1.29 is 13.5 Å². The molecule has 0 unspecified atom stereocenters. The zero-order valence-electron chi connectivity index (χ0n) is 10.2. The van der Waals surface area contributed by atoms with Crippen LogP contribution in [0.25, 0.3) is 11.1 Å². The molecule has 2 aromatic carbocycles. The van der Waals surface area contributed by atoms with Crippen molar-refractivity contribution in [1.82, 2.24) is 0 Å². The highest BCUT2D eigenvalue weighted by atomic mass is 32.2. The van der Waals surface area contributed by atoms with Gasteiger partial charge in [0.1, 0.15) is 5.75 Å². The summed E-state index contributed by atoms with van der Waals surface area (Å²) in [5.74, 6) is 0.206. The summed E-state index contributed by atoms with van der Waals surface area (Å²) in [6, 6.07) is 11.9. The average molecular weight is 262 g/mol.